The van der Waals surface area contributed by atoms with Gasteiger partial charge in [0.15, 0.2) is 0 Å². The molecule has 2 aromatic rings. The first-order valence-corrected chi connectivity index (χ1v) is 10.3. The summed E-state index contributed by atoms with van der Waals surface area (Å²) in [6.45, 7) is 6.93. The quantitative estimate of drug-likeness (QED) is 0.435. The second-order valence-electron chi connectivity index (χ2n) is 7.69. The van der Waals surface area contributed by atoms with E-state index in [0.29, 0.717) is 25.1 Å². The molecule has 7 heteroatoms. The Morgan fingerprint density at radius 1 is 1.32 bits per heavy atom. The van der Waals surface area contributed by atoms with Gasteiger partial charge in [0, 0.05) is 43.2 Å². The van der Waals surface area contributed by atoms with Crippen molar-refractivity contribution in [2.24, 2.45) is 5.16 Å². The summed E-state index contributed by atoms with van der Waals surface area (Å²) in [4.78, 5) is 7.51. The summed E-state index contributed by atoms with van der Waals surface area (Å²) >= 11 is 0. The van der Waals surface area contributed by atoms with Gasteiger partial charge in [0.05, 0.1) is 25.0 Å². The first-order chi connectivity index (χ1) is 15.0. The number of ether oxygens (including phenoxy) is 1. The van der Waals surface area contributed by atoms with Crippen molar-refractivity contribution >= 4 is 5.71 Å². The van der Waals surface area contributed by atoms with E-state index in [-0.39, 0.29) is 25.8 Å². The van der Waals surface area contributed by atoms with Gasteiger partial charge in [-0.2, -0.15) is 0 Å². The largest absolute Gasteiger partial charge is 0.390 e. The van der Waals surface area contributed by atoms with Crippen molar-refractivity contribution in [3.63, 3.8) is 0 Å². The van der Waals surface area contributed by atoms with Crippen LogP contribution >= 0.6 is 0 Å². The zero-order chi connectivity index (χ0) is 22.2. The van der Waals surface area contributed by atoms with Crippen molar-refractivity contribution < 1.29 is 23.5 Å². The minimum atomic E-state index is -0.776. The number of benzene rings is 2. The molecule has 0 aromatic heterocycles. The van der Waals surface area contributed by atoms with Crippen LogP contribution < -0.4 is 0 Å². The van der Waals surface area contributed by atoms with E-state index < -0.39 is 17.7 Å². The highest BCUT2D eigenvalue weighted by atomic mass is 19.1. The molecule has 1 aliphatic rings. The Bertz CT molecular complexity index is 919. The third kappa shape index (κ3) is 6.69. The Labute approximate surface area is 181 Å². The summed E-state index contributed by atoms with van der Waals surface area (Å²) in [6, 6.07) is 11.5. The Morgan fingerprint density at radius 2 is 2.13 bits per heavy atom. The molecule has 5 nitrogen and oxygen atoms in total. The van der Waals surface area contributed by atoms with Crippen LogP contribution in [0.4, 0.5) is 8.78 Å². The van der Waals surface area contributed by atoms with Gasteiger partial charge in [0.2, 0.25) is 0 Å². The first-order valence-electron chi connectivity index (χ1n) is 10.3. The summed E-state index contributed by atoms with van der Waals surface area (Å²) in [7, 11) is 0. The molecular formula is C24H28F2N2O3. The van der Waals surface area contributed by atoms with Crippen LogP contribution in [-0.2, 0) is 16.1 Å². The topological polar surface area (TPSA) is 54.3 Å². The second kappa shape index (κ2) is 11.1. The third-order valence-electron chi connectivity index (χ3n) is 5.07. The molecule has 1 N–H and O–H groups in total. The van der Waals surface area contributed by atoms with Crippen LogP contribution in [0, 0.1) is 18.6 Å². The van der Waals surface area contributed by atoms with Crippen LogP contribution in [0.25, 0.3) is 0 Å². The molecule has 2 aromatic carbocycles. The minimum absolute atomic E-state index is 0.130. The van der Waals surface area contributed by atoms with Gasteiger partial charge in [-0.05, 0) is 18.6 Å². The lowest BCUT2D eigenvalue weighted by Crippen LogP contribution is -2.39. The van der Waals surface area contributed by atoms with Gasteiger partial charge in [-0.3, -0.25) is 4.90 Å². The fourth-order valence-corrected chi connectivity index (χ4v) is 3.60. The standard InChI is InChI=1S/C24H28F2N2O3/c1-3-10-30-16-20(29)14-28(13-18-8-9-19(25)11-23(18)26)15-21-12-24(27-31-21)22-7-5-4-6-17(22)2/h3-9,11,20-21,29H,1,10,12-16H2,2H3/t20-,21+/m1/s1. The minimum Gasteiger partial charge on any atom is -0.390 e. The zero-order valence-corrected chi connectivity index (χ0v) is 17.6. The SMILES string of the molecule is C=CCOC[C@H](O)CN(Cc1ccc(F)cc1F)C[C@@H]1CC(c2ccccc2C)=NO1. The van der Waals surface area contributed by atoms with Gasteiger partial charge in [-0.1, -0.05) is 41.6 Å². The first kappa shape index (κ1) is 23.1. The number of aliphatic hydroxyl groups excluding tert-OH is 1. The van der Waals surface area contributed by atoms with E-state index >= 15 is 0 Å². The van der Waals surface area contributed by atoms with Crippen molar-refractivity contribution in [2.45, 2.75) is 32.1 Å². The van der Waals surface area contributed by atoms with Crippen LogP contribution in [0.15, 0.2) is 60.3 Å². The molecule has 0 amide bonds. The summed E-state index contributed by atoms with van der Waals surface area (Å²) in [5.41, 5.74) is 3.37. The summed E-state index contributed by atoms with van der Waals surface area (Å²) in [5, 5.41) is 14.6. The van der Waals surface area contributed by atoms with Crippen molar-refractivity contribution in [3.05, 3.63) is 83.4 Å². The Hall–Kier alpha value is -2.61. The zero-order valence-electron chi connectivity index (χ0n) is 17.6. The smallest absolute Gasteiger partial charge is 0.145 e. The molecule has 0 radical (unpaired) electrons. The number of aliphatic hydroxyl groups is 1. The van der Waals surface area contributed by atoms with Crippen LogP contribution in [0.5, 0.6) is 0 Å². The second-order valence-corrected chi connectivity index (χ2v) is 7.69. The Morgan fingerprint density at radius 3 is 2.87 bits per heavy atom. The van der Waals surface area contributed by atoms with E-state index in [2.05, 4.69) is 11.7 Å². The highest BCUT2D eigenvalue weighted by Gasteiger charge is 2.26. The molecule has 166 valence electrons. The molecule has 0 unspecified atom stereocenters. The highest BCUT2D eigenvalue weighted by molar-refractivity contribution is 6.02. The normalized spacial score (nSPS) is 16.8. The van der Waals surface area contributed by atoms with Crippen molar-refractivity contribution in [2.75, 3.05) is 26.3 Å². The van der Waals surface area contributed by atoms with E-state index in [1.807, 2.05) is 36.1 Å². The van der Waals surface area contributed by atoms with Gasteiger partial charge in [0.25, 0.3) is 0 Å². The molecule has 0 saturated heterocycles. The van der Waals surface area contributed by atoms with E-state index in [1.54, 1.807) is 6.08 Å². The molecule has 3 rings (SSSR count). The average molecular weight is 430 g/mol. The van der Waals surface area contributed by atoms with E-state index in [1.165, 1.54) is 12.1 Å². The molecule has 2 atom stereocenters. The summed E-state index contributed by atoms with van der Waals surface area (Å²) in [5.74, 6) is -1.24. The Kier molecular flexibility index (Phi) is 8.28. The summed E-state index contributed by atoms with van der Waals surface area (Å²) in [6.07, 6.45) is 1.20. The van der Waals surface area contributed by atoms with E-state index in [0.717, 1.165) is 22.9 Å². The van der Waals surface area contributed by atoms with Crippen molar-refractivity contribution in [1.29, 1.82) is 0 Å². The van der Waals surface area contributed by atoms with Crippen molar-refractivity contribution in [1.82, 2.24) is 4.90 Å². The molecule has 31 heavy (non-hydrogen) atoms. The van der Waals surface area contributed by atoms with Gasteiger partial charge in [-0.25, -0.2) is 8.78 Å². The Balaban J connectivity index is 1.66. The maximum absolute atomic E-state index is 14.2. The number of halogens is 2. The van der Waals surface area contributed by atoms with Crippen molar-refractivity contribution in [3.8, 4) is 0 Å². The fraction of sp³-hybridized carbons (Fsp3) is 0.375. The highest BCUT2D eigenvalue weighted by Crippen LogP contribution is 2.21. The number of oxime groups is 1. The van der Waals surface area contributed by atoms with Crippen LogP contribution in [0.1, 0.15) is 23.1 Å². The number of nitrogens with zero attached hydrogens (tertiary/aromatic N) is 2. The lowest BCUT2D eigenvalue weighted by Gasteiger charge is -2.27. The molecule has 1 aliphatic heterocycles. The molecule has 0 spiro atoms. The maximum Gasteiger partial charge on any atom is 0.145 e. The van der Waals surface area contributed by atoms with Gasteiger partial charge in [-0.15, -0.1) is 6.58 Å². The third-order valence-corrected chi connectivity index (χ3v) is 5.07. The molecule has 0 fully saturated rings. The number of rotatable bonds is 11. The van der Waals surface area contributed by atoms with Gasteiger partial charge in [0.1, 0.15) is 17.7 Å². The number of hydrogen-bond acceptors (Lipinski definition) is 5. The predicted octanol–water partition coefficient (Wildman–Crippen LogP) is 3.83. The molecule has 1 heterocycles. The molecular weight excluding hydrogens is 402 g/mol. The van der Waals surface area contributed by atoms with Gasteiger partial charge >= 0.3 is 0 Å². The molecule has 0 bridgehead atoms. The summed E-state index contributed by atoms with van der Waals surface area (Å²) < 4.78 is 32.8. The molecule has 0 saturated carbocycles. The maximum atomic E-state index is 14.2. The monoisotopic (exact) mass is 430 g/mol. The van der Waals surface area contributed by atoms with E-state index in [4.69, 9.17) is 9.57 Å². The van der Waals surface area contributed by atoms with Crippen LogP contribution in [0.3, 0.4) is 0 Å². The van der Waals surface area contributed by atoms with Gasteiger partial charge < -0.3 is 14.7 Å². The predicted molar refractivity (Wildman–Crippen MR) is 116 cm³/mol. The number of hydrogen-bond donors (Lipinski definition) is 1. The average Bonchev–Trinajstić information content (AvgIpc) is 3.18. The van der Waals surface area contributed by atoms with Crippen LogP contribution in [0.2, 0.25) is 0 Å². The van der Waals surface area contributed by atoms with E-state index in [9.17, 15) is 13.9 Å². The fourth-order valence-electron chi connectivity index (χ4n) is 3.60. The lowest BCUT2D eigenvalue weighted by molar-refractivity contribution is 0.00309. The lowest BCUT2D eigenvalue weighted by atomic mass is 10.00. The molecule has 0 aliphatic carbocycles. The van der Waals surface area contributed by atoms with Crippen LogP contribution in [-0.4, -0.2) is 54.2 Å². The number of aryl methyl sites for hydroxylation is 1.